The first-order valence-corrected chi connectivity index (χ1v) is 16.1. The van der Waals surface area contributed by atoms with Gasteiger partial charge in [-0.3, -0.25) is 4.72 Å². The molecule has 0 amide bonds. The number of hydrogen-bond acceptors (Lipinski definition) is 8. The van der Waals surface area contributed by atoms with Crippen LogP contribution in [0.2, 0.25) is 0 Å². The van der Waals surface area contributed by atoms with Gasteiger partial charge < -0.3 is 15.4 Å². The molecule has 6 rings (SSSR count). The molecule has 1 atom stereocenters. The van der Waals surface area contributed by atoms with Crippen LogP contribution in [0.5, 0.6) is 11.6 Å². The highest BCUT2D eigenvalue weighted by Gasteiger charge is 2.29. The Morgan fingerprint density at radius 2 is 1.79 bits per heavy atom. The summed E-state index contributed by atoms with van der Waals surface area (Å²) in [4.78, 5) is 13.6. The zero-order chi connectivity index (χ0) is 29.1. The highest BCUT2D eigenvalue weighted by Crippen LogP contribution is 2.40. The Labute approximate surface area is 245 Å². The van der Waals surface area contributed by atoms with Gasteiger partial charge in [0, 0.05) is 35.8 Å². The summed E-state index contributed by atoms with van der Waals surface area (Å²) in [6, 6.07) is 12.1. The Balaban J connectivity index is 1.33. The van der Waals surface area contributed by atoms with E-state index in [1.165, 1.54) is 6.07 Å². The number of rotatable bonds is 8. The number of ether oxygens (including phenoxy) is 1. The van der Waals surface area contributed by atoms with Crippen molar-refractivity contribution in [3.05, 3.63) is 66.2 Å². The second-order valence-corrected chi connectivity index (χ2v) is 13.0. The number of sulfonamides is 1. The summed E-state index contributed by atoms with van der Waals surface area (Å²) in [5.41, 5.74) is 2.04. The molecule has 1 saturated heterocycles. The molecule has 0 radical (unpaired) electrons. The topological polar surface area (TPSA) is 118 Å². The van der Waals surface area contributed by atoms with Gasteiger partial charge in [0.25, 0.3) is 0 Å². The smallest absolute Gasteiger partial charge is 0.235 e. The number of nitrogens with zero attached hydrogens (tertiary/aromatic N) is 3. The van der Waals surface area contributed by atoms with Crippen LogP contribution in [0.25, 0.3) is 22.0 Å². The van der Waals surface area contributed by atoms with E-state index in [0.717, 1.165) is 50.8 Å². The molecule has 1 aliphatic heterocycles. The molecule has 11 heteroatoms. The lowest BCUT2D eigenvalue weighted by molar-refractivity contribution is 0.466. The normalized spacial score (nSPS) is 18.1. The minimum Gasteiger partial charge on any atom is -0.437 e. The predicted octanol–water partition coefficient (Wildman–Crippen LogP) is 6.17. The van der Waals surface area contributed by atoms with Gasteiger partial charge in [-0.1, -0.05) is 31.4 Å². The van der Waals surface area contributed by atoms with E-state index in [-0.39, 0.29) is 11.7 Å². The van der Waals surface area contributed by atoms with Crippen molar-refractivity contribution in [3.8, 4) is 22.9 Å². The minimum absolute atomic E-state index is 0.0621. The Hall–Kier alpha value is -3.83. The second kappa shape index (κ2) is 12.2. The van der Waals surface area contributed by atoms with Crippen LogP contribution in [0.15, 0.2) is 54.9 Å². The van der Waals surface area contributed by atoms with Crippen molar-refractivity contribution in [2.24, 2.45) is 0 Å². The van der Waals surface area contributed by atoms with E-state index in [9.17, 15) is 8.42 Å². The number of halogens is 1. The molecule has 42 heavy (non-hydrogen) atoms. The van der Waals surface area contributed by atoms with Crippen LogP contribution in [0, 0.1) is 12.7 Å². The molecule has 9 nitrogen and oxygen atoms in total. The molecule has 2 aliphatic rings. The molecular weight excluding hydrogens is 555 g/mol. The van der Waals surface area contributed by atoms with E-state index in [1.807, 2.05) is 19.1 Å². The maximum Gasteiger partial charge on any atom is 0.235 e. The van der Waals surface area contributed by atoms with Crippen molar-refractivity contribution in [3.63, 3.8) is 0 Å². The van der Waals surface area contributed by atoms with E-state index < -0.39 is 21.1 Å². The number of aryl methyl sites for hydroxylation is 1. The van der Waals surface area contributed by atoms with E-state index in [1.54, 1.807) is 36.7 Å². The number of benzene rings is 2. The van der Waals surface area contributed by atoms with Gasteiger partial charge in [0.2, 0.25) is 21.9 Å². The van der Waals surface area contributed by atoms with Crippen molar-refractivity contribution in [2.75, 3.05) is 23.1 Å². The maximum atomic E-state index is 15.2. The van der Waals surface area contributed by atoms with Crippen LogP contribution < -0.4 is 20.1 Å². The lowest BCUT2D eigenvalue weighted by atomic mass is 10.0. The molecule has 0 bridgehead atoms. The molecule has 1 saturated carbocycles. The lowest BCUT2D eigenvalue weighted by Crippen LogP contribution is -2.38. The van der Waals surface area contributed by atoms with E-state index in [0.29, 0.717) is 52.4 Å². The summed E-state index contributed by atoms with van der Waals surface area (Å²) in [5.74, 6) is 0.684. The van der Waals surface area contributed by atoms with E-state index in [2.05, 4.69) is 25.3 Å². The highest BCUT2D eigenvalue weighted by atomic mass is 32.2. The summed E-state index contributed by atoms with van der Waals surface area (Å²) in [7, 11) is -3.76. The minimum atomic E-state index is -3.76. The molecular formula is C31H35FN6O3S. The number of nitrogens with one attached hydrogen (secondary N) is 3. The number of fused-ring (bicyclic) bond motifs is 1. The highest BCUT2D eigenvalue weighted by molar-refractivity contribution is 7.93. The number of anilines is 2. The third-order valence-corrected chi connectivity index (χ3v) is 9.90. The zero-order valence-electron chi connectivity index (χ0n) is 23.6. The van der Waals surface area contributed by atoms with Crippen molar-refractivity contribution in [1.82, 2.24) is 20.3 Å². The molecule has 2 aromatic heterocycles. The van der Waals surface area contributed by atoms with Crippen molar-refractivity contribution in [2.45, 2.75) is 63.2 Å². The Morgan fingerprint density at radius 3 is 2.60 bits per heavy atom. The number of pyridine rings is 1. The predicted molar refractivity (Wildman–Crippen MR) is 163 cm³/mol. The quantitative estimate of drug-likeness (QED) is 0.223. The van der Waals surface area contributed by atoms with Gasteiger partial charge in [-0.2, -0.15) is 0 Å². The van der Waals surface area contributed by atoms with E-state index in [4.69, 9.17) is 9.72 Å². The monoisotopic (exact) mass is 590 g/mol. The fourth-order valence-corrected chi connectivity index (χ4v) is 7.41. The molecule has 3 N–H and O–H groups in total. The van der Waals surface area contributed by atoms with Gasteiger partial charge in [-0.25, -0.2) is 27.8 Å². The molecule has 220 valence electrons. The van der Waals surface area contributed by atoms with Crippen LogP contribution in [0.3, 0.4) is 0 Å². The molecule has 1 unspecified atom stereocenters. The van der Waals surface area contributed by atoms with Crippen LogP contribution in [0.4, 0.5) is 16.0 Å². The summed E-state index contributed by atoms with van der Waals surface area (Å²) in [5, 5.41) is 7.26. The van der Waals surface area contributed by atoms with Crippen LogP contribution in [0.1, 0.15) is 50.5 Å². The summed E-state index contributed by atoms with van der Waals surface area (Å²) >= 11 is 0. The third-order valence-electron chi connectivity index (χ3n) is 8.06. The fraction of sp³-hybridized carbons (Fsp3) is 0.387. The average Bonchev–Trinajstić information content (AvgIpc) is 3.01. The van der Waals surface area contributed by atoms with Gasteiger partial charge in [0.05, 0.1) is 22.2 Å². The van der Waals surface area contributed by atoms with Crippen molar-refractivity contribution in [1.29, 1.82) is 0 Å². The first-order chi connectivity index (χ1) is 20.4. The van der Waals surface area contributed by atoms with Gasteiger partial charge in [-0.15, -0.1) is 0 Å². The number of hydrogen-bond donors (Lipinski definition) is 3. The standard InChI is InChI=1S/C31H35FN6O3S/c1-20-11-12-23-24(13-14-26(32)28(23)38-42(39,40)22-8-3-2-4-9-22)29(20)41-30-25(10-6-17-34-30)27-15-18-35-31(37-27)36-21-7-5-16-33-19-21/h6,10-15,17-18,21-22,33,38H,2-5,7-9,16,19H2,1H3,(H,35,36,37). The molecule has 4 aromatic rings. The van der Waals surface area contributed by atoms with Crippen molar-refractivity contribution >= 4 is 32.4 Å². The molecule has 1 aliphatic carbocycles. The van der Waals surface area contributed by atoms with Gasteiger partial charge in [0.1, 0.15) is 11.6 Å². The summed E-state index contributed by atoms with van der Waals surface area (Å²) in [6.07, 6.45) is 9.37. The Bertz CT molecular complexity index is 1690. The van der Waals surface area contributed by atoms with Crippen molar-refractivity contribution < 1.29 is 17.5 Å². The number of piperidine rings is 1. The second-order valence-electron chi connectivity index (χ2n) is 11.0. The van der Waals surface area contributed by atoms with Crippen LogP contribution in [-0.2, 0) is 10.0 Å². The first kappa shape index (κ1) is 28.3. The molecule has 3 heterocycles. The summed E-state index contributed by atoms with van der Waals surface area (Å²) < 4.78 is 50.6. The average molecular weight is 591 g/mol. The van der Waals surface area contributed by atoms with Crippen LogP contribution >= 0.6 is 0 Å². The Kier molecular flexibility index (Phi) is 8.21. The first-order valence-electron chi connectivity index (χ1n) is 14.6. The van der Waals surface area contributed by atoms with Gasteiger partial charge >= 0.3 is 0 Å². The molecule has 2 fully saturated rings. The maximum absolute atomic E-state index is 15.2. The third kappa shape index (κ3) is 6.03. The lowest BCUT2D eigenvalue weighted by Gasteiger charge is -2.24. The summed E-state index contributed by atoms with van der Waals surface area (Å²) in [6.45, 7) is 3.76. The zero-order valence-corrected chi connectivity index (χ0v) is 24.4. The van der Waals surface area contributed by atoms with Gasteiger partial charge in [-0.05, 0) is 75.0 Å². The molecule has 0 spiro atoms. The fourth-order valence-electron chi connectivity index (χ4n) is 5.80. The van der Waals surface area contributed by atoms with E-state index >= 15 is 4.39 Å². The SMILES string of the molecule is Cc1ccc2c(NS(=O)(=O)C3CCCCC3)c(F)ccc2c1Oc1ncccc1-c1ccnc(NC2CCCNC2)n1. The van der Waals surface area contributed by atoms with Crippen LogP contribution in [-0.4, -0.2) is 47.8 Å². The number of aromatic nitrogens is 3. The van der Waals surface area contributed by atoms with Gasteiger partial charge in [0.15, 0.2) is 0 Å². The molecule has 2 aromatic carbocycles. The largest absolute Gasteiger partial charge is 0.437 e. The Morgan fingerprint density at radius 1 is 0.952 bits per heavy atom.